The molecular weight excluding hydrogens is 248 g/mol. The van der Waals surface area contributed by atoms with E-state index in [9.17, 15) is 0 Å². The molecule has 3 nitrogen and oxygen atoms in total. The van der Waals surface area contributed by atoms with Crippen LogP contribution < -0.4 is 5.32 Å². The highest BCUT2D eigenvalue weighted by Crippen LogP contribution is 2.47. The van der Waals surface area contributed by atoms with Crippen LogP contribution in [0.25, 0.3) is 0 Å². The van der Waals surface area contributed by atoms with Crippen molar-refractivity contribution in [1.82, 2.24) is 10.2 Å². The molecular formula is C17H26N2O. The second-order valence-corrected chi connectivity index (χ2v) is 7.08. The SMILES string of the molecule is CC1CC1c1ccc(CN(CC2CCCN2)C2CC2)o1. The molecule has 0 bridgehead atoms. The number of nitrogens with zero attached hydrogens (tertiary/aromatic N) is 1. The van der Waals surface area contributed by atoms with Crippen molar-refractivity contribution in [1.29, 1.82) is 0 Å². The van der Waals surface area contributed by atoms with E-state index in [1.807, 2.05) is 0 Å². The Bertz CT molecular complexity index is 459. The standard InChI is InChI=1S/C17H26N2O/c1-12-9-16(12)17-7-6-15(20-17)11-19(14-4-5-14)10-13-3-2-8-18-13/h6-7,12-14,16,18H,2-5,8-11H2,1H3. The Hall–Kier alpha value is -0.800. The smallest absolute Gasteiger partial charge is 0.118 e. The number of hydrogen-bond acceptors (Lipinski definition) is 3. The molecule has 1 aromatic heterocycles. The lowest BCUT2D eigenvalue weighted by molar-refractivity contribution is 0.212. The molecule has 20 heavy (non-hydrogen) atoms. The molecule has 0 radical (unpaired) electrons. The molecule has 4 rings (SSSR count). The molecule has 3 heteroatoms. The molecule has 0 spiro atoms. The molecule has 2 aliphatic carbocycles. The van der Waals surface area contributed by atoms with Crippen molar-refractivity contribution in [3.05, 3.63) is 23.7 Å². The lowest BCUT2D eigenvalue weighted by atomic mass is 10.2. The summed E-state index contributed by atoms with van der Waals surface area (Å²) in [5, 5.41) is 3.62. The van der Waals surface area contributed by atoms with Gasteiger partial charge in [0, 0.05) is 24.5 Å². The van der Waals surface area contributed by atoms with Crippen LogP contribution in [0.15, 0.2) is 16.5 Å². The summed E-state index contributed by atoms with van der Waals surface area (Å²) in [5.41, 5.74) is 0. The second-order valence-electron chi connectivity index (χ2n) is 7.08. The molecule has 3 atom stereocenters. The molecule has 0 amide bonds. The van der Waals surface area contributed by atoms with Crippen LogP contribution >= 0.6 is 0 Å². The summed E-state index contributed by atoms with van der Waals surface area (Å²) in [5.74, 6) is 3.93. The van der Waals surface area contributed by atoms with Crippen LogP contribution in [-0.4, -0.2) is 30.1 Å². The van der Waals surface area contributed by atoms with Gasteiger partial charge in [0.2, 0.25) is 0 Å². The van der Waals surface area contributed by atoms with Gasteiger partial charge in [0.15, 0.2) is 0 Å². The fourth-order valence-corrected chi connectivity index (χ4v) is 3.58. The predicted molar refractivity (Wildman–Crippen MR) is 79.7 cm³/mol. The predicted octanol–water partition coefficient (Wildman–Crippen LogP) is 3.12. The average Bonchev–Trinajstić information content (AvgIpc) is 3.31. The molecule has 1 saturated heterocycles. The maximum absolute atomic E-state index is 6.09. The number of rotatable bonds is 6. The average molecular weight is 274 g/mol. The van der Waals surface area contributed by atoms with E-state index in [0.29, 0.717) is 12.0 Å². The Labute approximate surface area is 121 Å². The van der Waals surface area contributed by atoms with E-state index in [0.717, 1.165) is 18.5 Å². The van der Waals surface area contributed by atoms with Crippen molar-refractivity contribution in [2.45, 2.75) is 63.6 Å². The van der Waals surface area contributed by atoms with Gasteiger partial charge < -0.3 is 9.73 Å². The van der Waals surface area contributed by atoms with Gasteiger partial charge in [-0.2, -0.15) is 0 Å². The van der Waals surface area contributed by atoms with Crippen LogP contribution in [0.1, 0.15) is 56.5 Å². The van der Waals surface area contributed by atoms with Crippen LogP contribution in [0.2, 0.25) is 0 Å². The van der Waals surface area contributed by atoms with Gasteiger partial charge in [-0.15, -0.1) is 0 Å². The number of furan rings is 1. The first-order valence-corrected chi connectivity index (χ1v) is 8.35. The van der Waals surface area contributed by atoms with Crippen molar-refractivity contribution in [3.8, 4) is 0 Å². The van der Waals surface area contributed by atoms with E-state index in [1.54, 1.807) is 0 Å². The van der Waals surface area contributed by atoms with Crippen molar-refractivity contribution >= 4 is 0 Å². The van der Waals surface area contributed by atoms with Gasteiger partial charge >= 0.3 is 0 Å². The first-order valence-electron chi connectivity index (χ1n) is 8.35. The quantitative estimate of drug-likeness (QED) is 0.864. The van der Waals surface area contributed by atoms with Crippen LogP contribution in [0.5, 0.6) is 0 Å². The lowest BCUT2D eigenvalue weighted by Crippen LogP contribution is -2.38. The maximum Gasteiger partial charge on any atom is 0.118 e. The minimum atomic E-state index is 0.702. The van der Waals surface area contributed by atoms with Crippen LogP contribution in [-0.2, 0) is 6.54 Å². The third kappa shape index (κ3) is 2.79. The maximum atomic E-state index is 6.09. The molecule has 3 fully saturated rings. The molecule has 3 aliphatic rings. The molecule has 0 aromatic carbocycles. The van der Waals surface area contributed by atoms with E-state index in [4.69, 9.17) is 4.42 Å². The number of hydrogen-bond donors (Lipinski definition) is 1. The largest absolute Gasteiger partial charge is 0.464 e. The molecule has 1 aliphatic heterocycles. The molecule has 110 valence electrons. The van der Waals surface area contributed by atoms with E-state index in [-0.39, 0.29) is 0 Å². The van der Waals surface area contributed by atoms with Gasteiger partial charge in [-0.25, -0.2) is 0 Å². The van der Waals surface area contributed by atoms with E-state index in [2.05, 4.69) is 29.3 Å². The zero-order chi connectivity index (χ0) is 13.5. The highest BCUT2D eigenvalue weighted by Gasteiger charge is 2.37. The summed E-state index contributed by atoms with van der Waals surface area (Å²) < 4.78 is 6.09. The molecule has 2 heterocycles. The van der Waals surface area contributed by atoms with Crippen molar-refractivity contribution in [2.24, 2.45) is 5.92 Å². The monoisotopic (exact) mass is 274 g/mol. The summed E-state index contributed by atoms with van der Waals surface area (Å²) in [6, 6.07) is 5.93. The Morgan fingerprint density at radius 1 is 1.30 bits per heavy atom. The third-order valence-corrected chi connectivity index (χ3v) is 5.20. The first-order chi connectivity index (χ1) is 9.79. The highest BCUT2D eigenvalue weighted by molar-refractivity contribution is 5.17. The van der Waals surface area contributed by atoms with E-state index >= 15 is 0 Å². The van der Waals surface area contributed by atoms with Crippen molar-refractivity contribution in [3.63, 3.8) is 0 Å². The second kappa shape index (κ2) is 5.19. The van der Waals surface area contributed by atoms with Gasteiger partial charge in [-0.1, -0.05) is 6.92 Å². The summed E-state index contributed by atoms with van der Waals surface area (Å²) in [6.07, 6.45) is 6.74. The van der Waals surface area contributed by atoms with Gasteiger partial charge in [0.1, 0.15) is 11.5 Å². The van der Waals surface area contributed by atoms with Gasteiger partial charge in [-0.05, 0) is 56.7 Å². The van der Waals surface area contributed by atoms with Crippen molar-refractivity contribution < 1.29 is 4.42 Å². The summed E-state index contributed by atoms with van der Waals surface area (Å²) in [6.45, 7) is 5.72. The minimum Gasteiger partial charge on any atom is -0.464 e. The first kappa shape index (κ1) is 12.9. The Balaban J connectivity index is 1.38. The molecule has 1 aromatic rings. The van der Waals surface area contributed by atoms with Gasteiger partial charge in [0.25, 0.3) is 0 Å². The van der Waals surface area contributed by atoms with Crippen LogP contribution in [0, 0.1) is 5.92 Å². The zero-order valence-electron chi connectivity index (χ0n) is 12.5. The van der Waals surface area contributed by atoms with Gasteiger partial charge in [-0.3, -0.25) is 4.90 Å². The third-order valence-electron chi connectivity index (χ3n) is 5.20. The molecule has 1 N–H and O–H groups in total. The summed E-state index contributed by atoms with van der Waals surface area (Å²) in [7, 11) is 0. The Morgan fingerprint density at radius 2 is 2.15 bits per heavy atom. The summed E-state index contributed by atoms with van der Waals surface area (Å²) in [4.78, 5) is 2.64. The normalized spacial score (nSPS) is 33.0. The van der Waals surface area contributed by atoms with Crippen LogP contribution in [0.3, 0.4) is 0 Å². The fraction of sp³-hybridized carbons (Fsp3) is 0.765. The van der Waals surface area contributed by atoms with Gasteiger partial charge in [0.05, 0.1) is 6.54 Å². The van der Waals surface area contributed by atoms with Crippen LogP contribution in [0.4, 0.5) is 0 Å². The molecule has 2 saturated carbocycles. The topological polar surface area (TPSA) is 28.4 Å². The molecule has 3 unspecified atom stereocenters. The van der Waals surface area contributed by atoms with E-state index < -0.39 is 0 Å². The minimum absolute atomic E-state index is 0.702. The lowest BCUT2D eigenvalue weighted by Gasteiger charge is -2.24. The zero-order valence-corrected chi connectivity index (χ0v) is 12.5. The van der Waals surface area contributed by atoms with Crippen molar-refractivity contribution in [2.75, 3.05) is 13.1 Å². The summed E-state index contributed by atoms with van der Waals surface area (Å²) >= 11 is 0. The Kier molecular flexibility index (Phi) is 3.35. The number of nitrogens with one attached hydrogen (secondary N) is 1. The highest BCUT2D eigenvalue weighted by atomic mass is 16.3. The van der Waals surface area contributed by atoms with E-state index in [1.165, 1.54) is 56.7 Å². The fourth-order valence-electron chi connectivity index (χ4n) is 3.58. The Morgan fingerprint density at radius 3 is 2.80 bits per heavy atom.